The van der Waals surface area contributed by atoms with E-state index < -0.39 is 98.2 Å². The first kappa shape index (κ1) is 40.0. The van der Waals surface area contributed by atoms with Crippen LogP contribution in [0.5, 0.6) is 5.88 Å². The van der Waals surface area contributed by atoms with Crippen molar-refractivity contribution in [3.05, 3.63) is 28.8 Å². The average molecular weight is 745 g/mol. The number of nitrogen functional groups attached to an aromatic ring is 1. The molecule has 52 heavy (non-hydrogen) atoms. The van der Waals surface area contributed by atoms with Crippen LogP contribution >= 0.6 is 11.3 Å². The lowest BCUT2D eigenvalue weighted by Gasteiger charge is -2.20. The van der Waals surface area contributed by atoms with Crippen LogP contribution in [0.1, 0.15) is 53.8 Å². The summed E-state index contributed by atoms with van der Waals surface area (Å²) in [5.74, 6) is -6.10. The van der Waals surface area contributed by atoms with Crippen LogP contribution < -0.4 is 26.6 Å². The Morgan fingerprint density at radius 2 is 1.42 bits per heavy atom. The van der Waals surface area contributed by atoms with Gasteiger partial charge in [0, 0.05) is 32.0 Å². The summed E-state index contributed by atoms with van der Waals surface area (Å²) in [6.07, 6.45) is 4.75. The molecule has 0 aliphatic heterocycles. The number of terminal acetylenes is 1. The first-order valence-corrected chi connectivity index (χ1v) is 16.3. The lowest BCUT2D eigenvalue weighted by Crippen LogP contribution is -2.45. The molecule has 0 aromatic carbocycles. The first-order chi connectivity index (χ1) is 24.6. The zero-order valence-electron chi connectivity index (χ0n) is 27.3. The number of rotatable bonds is 21. The summed E-state index contributed by atoms with van der Waals surface area (Å²) in [6, 6.07) is -1.55. The molecule has 3 aromatic rings. The van der Waals surface area contributed by atoms with Crippen molar-refractivity contribution in [3.63, 3.8) is 0 Å². The van der Waals surface area contributed by atoms with Crippen LogP contribution in [0, 0.1) is 12.3 Å². The van der Waals surface area contributed by atoms with Gasteiger partial charge in [0.1, 0.15) is 23.8 Å². The zero-order valence-corrected chi connectivity index (χ0v) is 28.1. The number of hydrogen-bond donors (Lipinski definition) is 10. The maximum atomic E-state index is 13.0. The van der Waals surface area contributed by atoms with E-state index in [1.54, 1.807) is 17.2 Å². The number of nitrogens with two attached hydrogens (primary N) is 1. The van der Waals surface area contributed by atoms with Crippen molar-refractivity contribution in [1.29, 1.82) is 0 Å². The van der Waals surface area contributed by atoms with E-state index in [1.807, 2.05) is 0 Å². The van der Waals surface area contributed by atoms with Gasteiger partial charge in [0.05, 0.1) is 21.8 Å². The van der Waals surface area contributed by atoms with Crippen LogP contribution in [0.25, 0.3) is 11.0 Å². The summed E-state index contributed by atoms with van der Waals surface area (Å²) >= 11 is 1.03. The number of fused-ring (bicyclic) bond motifs is 1. The Bertz CT molecular complexity index is 1870. The van der Waals surface area contributed by atoms with E-state index in [-0.39, 0.29) is 23.3 Å². The second-order valence-electron chi connectivity index (χ2n) is 11.2. The monoisotopic (exact) mass is 744 g/mol. The van der Waals surface area contributed by atoms with Crippen LogP contribution in [0.2, 0.25) is 0 Å². The number of carbonyl (C=O) groups excluding carboxylic acids is 3. The van der Waals surface area contributed by atoms with E-state index in [0.717, 1.165) is 11.3 Å². The number of hydrogen-bond acceptors (Lipinski definition) is 13. The lowest BCUT2D eigenvalue weighted by atomic mass is 10.1. The highest BCUT2D eigenvalue weighted by molar-refractivity contribution is 7.18. The van der Waals surface area contributed by atoms with Gasteiger partial charge in [-0.25, -0.2) is 14.4 Å². The fraction of sp³-hybridized carbons (Fsp3) is 0.387. The number of aliphatic carboxylic acids is 4. The van der Waals surface area contributed by atoms with Gasteiger partial charge in [-0.2, -0.15) is 9.97 Å². The Balaban J connectivity index is 1.55. The average Bonchev–Trinajstić information content (AvgIpc) is 3.72. The van der Waals surface area contributed by atoms with Crippen LogP contribution in [-0.4, -0.2) is 113 Å². The number of H-pyrrole nitrogens is 1. The van der Waals surface area contributed by atoms with Gasteiger partial charge in [0.2, 0.25) is 23.6 Å². The maximum absolute atomic E-state index is 13.0. The van der Waals surface area contributed by atoms with E-state index in [1.165, 1.54) is 6.07 Å². The summed E-state index contributed by atoms with van der Waals surface area (Å²) in [4.78, 5) is 96.0. The maximum Gasteiger partial charge on any atom is 0.326 e. The number of nitrogens with zero attached hydrogens (tertiary/aromatic N) is 3. The first-order valence-electron chi connectivity index (χ1n) is 15.5. The van der Waals surface area contributed by atoms with Crippen LogP contribution in [0.15, 0.2) is 18.3 Å². The molecule has 0 spiro atoms. The normalized spacial score (nSPS) is 12.5. The molecule has 0 saturated carbocycles. The summed E-state index contributed by atoms with van der Waals surface area (Å²) < 4.78 is 0. The molecule has 0 saturated heterocycles. The molecule has 0 aliphatic carbocycles. The highest BCUT2D eigenvalue weighted by Crippen LogP contribution is 2.29. The van der Waals surface area contributed by atoms with Gasteiger partial charge in [0.25, 0.3) is 5.91 Å². The van der Waals surface area contributed by atoms with Crippen LogP contribution in [0.4, 0.5) is 10.9 Å². The Morgan fingerprint density at radius 1 is 0.865 bits per heavy atom. The number of amides is 3. The van der Waals surface area contributed by atoms with Gasteiger partial charge in [-0.15, -0.1) is 17.8 Å². The summed E-state index contributed by atoms with van der Waals surface area (Å²) in [5, 5.41) is 54.9. The fourth-order valence-electron chi connectivity index (χ4n) is 4.90. The van der Waals surface area contributed by atoms with Crippen molar-refractivity contribution in [3.8, 4) is 18.2 Å². The third-order valence-electron chi connectivity index (χ3n) is 7.51. The predicted molar refractivity (Wildman–Crippen MR) is 182 cm³/mol. The molecule has 3 amide bonds. The molecular weight excluding hydrogens is 708 g/mol. The van der Waals surface area contributed by atoms with Crippen molar-refractivity contribution >= 4 is 74.9 Å². The molecule has 0 radical (unpaired) electrons. The Morgan fingerprint density at radius 3 is 1.96 bits per heavy atom. The molecule has 3 heterocycles. The Hall–Kier alpha value is -6.43. The van der Waals surface area contributed by atoms with E-state index >= 15 is 0 Å². The second-order valence-corrected chi connectivity index (χ2v) is 12.3. The molecule has 0 unspecified atom stereocenters. The number of thiophene rings is 1. The number of carboxylic acid groups (broad SMARTS) is 4. The Labute approximate surface area is 298 Å². The predicted octanol–water partition coefficient (Wildman–Crippen LogP) is -0.263. The number of anilines is 2. The molecule has 0 bridgehead atoms. The SMILES string of the molecule is C#CCN(CCc1c[nH]c2nc(N)nc(O)c12)c1ccc(C(=O)N[C@@H](CCC(=O)N[C@@H](CCC(=O)N[C@@H](CCC(=O)O)C(=O)O)C(=O)O)C(=O)O)s1. The number of aromatic amines is 1. The van der Waals surface area contributed by atoms with E-state index in [9.17, 15) is 48.9 Å². The molecule has 11 N–H and O–H groups in total. The minimum atomic E-state index is -1.59. The standard InChI is InChI=1S/C31H36N8O12S/c1-2-12-39(13-11-15-14-33-25-24(15)27(45)38-31(32)37-25)22-9-6-19(52-22)26(44)36-18(30(50)51)4-8-21(41)34-16(28(46)47)3-7-20(40)35-17(29(48)49)5-10-23(42)43/h1,6,9,14,16-18H,3-5,7-8,10-13H2,(H,34,41)(H,35,40)(H,36,44)(H,42,43)(H,46,47)(H,48,49)(H,50,51)(H4,32,33,37,38,45)/t16-,17-,18-/m0/s1. The van der Waals surface area contributed by atoms with Crippen molar-refractivity contribution in [2.75, 3.05) is 23.7 Å². The minimum Gasteiger partial charge on any atom is -0.493 e. The summed E-state index contributed by atoms with van der Waals surface area (Å²) in [7, 11) is 0. The highest BCUT2D eigenvalue weighted by atomic mass is 32.1. The Kier molecular flexibility index (Phi) is 14.3. The number of aromatic nitrogens is 3. The number of carbonyl (C=O) groups is 7. The molecule has 3 aromatic heterocycles. The summed E-state index contributed by atoms with van der Waals surface area (Å²) in [5.41, 5.74) is 6.63. The van der Waals surface area contributed by atoms with Gasteiger partial charge in [-0.05, 0) is 43.4 Å². The van der Waals surface area contributed by atoms with Crippen molar-refractivity contribution < 1.29 is 59.1 Å². The number of aromatic hydroxyl groups is 1. The van der Waals surface area contributed by atoms with Crippen molar-refractivity contribution in [2.45, 2.75) is 63.1 Å². The topological polar surface area (TPSA) is 328 Å². The number of carboxylic acids is 4. The third-order valence-corrected chi connectivity index (χ3v) is 8.65. The van der Waals surface area contributed by atoms with Crippen molar-refractivity contribution in [1.82, 2.24) is 30.9 Å². The highest BCUT2D eigenvalue weighted by Gasteiger charge is 2.27. The van der Waals surface area contributed by atoms with E-state index in [4.69, 9.17) is 22.4 Å². The van der Waals surface area contributed by atoms with Gasteiger partial charge in [0.15, 0.2) is 0 Å². The molecule has 3 atom stereocenters. The van der Waals surface area contributed by atoms with Gasteiger partial charge < -0.3 is 57.1 Å². The van der Waals surface area contributed by atoms with E-state index in [2.05, 4.69) is 36.8 Å². The van der Waals surface area contributed by atoms with Gasteiger partial charge >= 0.3 is 23.9 Å². The molecule has 3 rings (SSSR count). The van der Waals surface area contributed by atoms with Gasteiger partial charge in [-0.3, -0.25) is 19.2 Å². The van der Waals surface area contributed by atoms with Gasteiger partial charge in [-0.1, -0.05) is 5.92 Å². The second kappa shape index (κ2) is 18.5. The summed E-state index contributed by atoms with van der Waals surface area (Å²) in [6.45, 7) is 0.511. The van der Waals surface area contributed by atoms with Crippen molar-refractivity contribution in [2.24, 2.45) is 0 Å². The molecular formula is C31H36N8O12S. The van der Waals surface area contributed by atoms with Crippen LogP contribution in [0.3, 0.4) is 0 Å². The molecule has 0 fully saturated rings. The molecule has 21 heteroatoms. The number of nitrogens with one attached hydrogen (secondary N) is 4. The quantitative estimate of drug-likeness (QED) is 0.0628. The molecule has 20 nitrogen and oxygen atoms in total. The molecule has 0 aliphatic rings. The zero-order chi connectivity index (χ0) is 38.5. The largest absolute Gasteiger partial charge is 0.493 e. The lowest BCUT2D eigenvalue weighted by molar-refractivity contribution is -0.144. The third kappa shape index (κ3) is 11.6. The smallest absolute Gasteiger partial charge is 0.326 e. The fourth-order valence-corrected chi connectivity index (χ4v) is 5.83. The molecule has 278 valence electrons. The minimum absolute atomic E-state index is 0.0977. The van der Waals surface area contributed by atoms with Crippen LogP contribution in [-0.2, 0) is 35.2 Å². The van der Waals surface area contributed by atoms with E-state index in [0.29, 0.717) is 34.6 Å².